The van der Waals surface area contributed by atoms with E-state index in [-0.39, 0.29) is 11.8 Å². The van der Waals surface area contributed by atoms with Gasteiger partial charge in [0.15, 0.2) is 0 Å². The van der Waals surface area contributed by atoms with Gasteiger partial charge in [0.1, 0.15) is 5.82 Å². The summed E-state index contributed by atoms with van der Waals surface area (Å²) in [5.41, 5.74) is 8.30. The molecule has 3 N–H and O–H groups in total. The molecule has 0 radical (unpaired) electrons. The van der Waals surface area contributed by atoms with E-state index in [1.165, 1.54) is 12.1 Å². The first-order valence-electron chi connectivity index (χ1n) is 6.83. The molecule has 0 bridgehead atoms. The standard InChI is InChI=1S/C15H17FN4/c16-12-5-1-3-10(7-12)13-9-19-15(17)20-14(13)11-4-2-6-18-8-11/h1,3,5,7,9,11,18H,2,4,6,8H2,(H2,17,19,20)/t11-/m0/s1. The second-order valence-electron chi connectivity index (χ2n) is 5.08. The number of aromatic nitrogens is 2. The van der Waals surface area contributed by atoms with Crippen LogP contribution in [0.3, 0.4) is 0 Å². The van der Waals surface area contributed by atoms with Crippen LogP contribution in [-0.4, -0.2) is 23.1 Å². The molecular formula is C15H17FN4. The molecule has 1 fully saturated rings. The van der Waals surface area contributed by atoms with Gasteiger partial charge in [-0.1, -0.05) is 12.1 Å². The van der Waals surface area contributed by atoms with Crippen molar-refractivity contribution in [1.82, 2.24) is 15.3 Å². The van der Waals surface area contributed by atoms with E-state index >= 15 is 0 Å². The molecule has 1 aromatic carbocycles. The molecule has 2 aromatic rings. The molecule has 4 nitrogen and oxygen atoms in total. The second kappa shape index (κ2) is 5.54. The molecule has 0 amide bonds. The van der Waals surface area contributed by atoms with Gasteiger partial charge in [-0.15, -0.1) is 0 Å². The van der Waals surface area contributed by atoms with Crippen molar-refractivity contribution in [2.75, 3.05) is 18.8 Å². The first kappa shape index (κ1) is 13.0. The number of hydrogen-bond donors (Lipinski definition) is 2. The maximum absolute atomic E-state index is 13.4. The number of rotatable bonds is 2. The Morgan fingerprint density at radius 2 is 2.25 bits per heavy atom. The van der Waals surface area contributed by atoms with Gasteiger partial charge in [-0.3, -0.25) is 0 Å². The molecule has 20 heavy (non-hydrogen) atoms. The lowest BCUT2D eigenvalue weighted by atomic mass is 9.91. The van der Waals surface area contributed by atoms with E-state index in [0.29, 0.717) is 5.92 Å². The van der Waals surface area contributed by atoms with Gasteiger partial charge in [0.2, 0.25) is 5.95 Å². The molecule has 0 unspecified atom stereocenters. The number of hydrogen-bond acceptors (Lipinski definition) is 4. The molecule has 2 heterocycles. The van der Waals surface area contributed by atoms with Crippen LogP contribution in [0.25, 0.3) is 11.1 Å². The Hall–Kier alpha value is -2.01. The molecule has 104 valence electrons. The maximum atomic E-state index is 13.4. The SMILES string of the molecule is Nc1ncc(-c2cccc(F)c2)c([C@H]2CCCNC2)n1. The van der Waals surface area contributed by atoms with Crippen molar-refractivity contribution in [3.63, 3.8) is 0 Å². The van der Waals surface area contributed by atoms with Crippen molar-refractivity contribution in [1.29, 1.82) is 0 Å². The third-order valence-corrected chi connectivity index (χ3v) is 3.66. The van der Waals surface area contributed by atoms with Crippen LogP contribution in [0.2, 0.25) is 0 Å². The zero-order valence-corrected chi connectivity index (χ0v) is 11.1. The molecule has 5 heteroatoms. The zero-order chi connectivity index (χ0) is 13.9. The molecule has 0 aliphatic carbocycles. The molecular weight excluding hydrogens is 255 g/mol. The predicted octanol–water partition coefficient (Wildman–Crippen LogP) is 2.33. The maximum Gasteiger partial charge on any atom is 0.220 e. The molecule has 1 aromatic heterocycles. The fourth-order valence-electron chi connectivity index (χ4n) is 2.68. The lowest BCUT2D eigenvalue weighted by molar-refractivity contribution is 0.455. The number of nitrogens with two attached hydrogens (primary N) is 1. The number of halogens is 1. The zero-order valence-electron chi connectivity index (χ0n) is 11.1. The summed E-state index contributed by atoms with van der Waals surface area (Å²) in [5.74, 6) is 0.310. The van der Waals surface area contributed by atoms with Gasteiger partial charge in [0.25, 0.3) is 0 Å². The summed E-state index contributed by atoms with van der Waals surface area (Å²) < 4.78 is 13.4. The Morgan fingerprint density at radius 1 is 1.35 bits per heavy atom. The number of nitrogens with one attached hydrogen (secondary N) is 1. The Bertz CT molecular complexity index is 609. The first-order chi connectivity index (χ1) is 9.74. The van der Waals surface area contributed by atoms with E-state index in [4.69, 9.17) is 5.73 Å². The van der Waals surface area contributed by atoms with Crippen LogP contribution >= 0.6 is 0 Å². The van der Waals surface area contributed by atoms with Crippen LogP contribution in [0.5, 0.6) is 0 Å². The summed E-state index contributed by atoms with van der Waals surface area (Å²) in [4.78, 5) is 8.47. The minimum absolute atomic E-state index is 0.257. The Morgan fingerprint density at radius 3 is 3.00 bits per heavy atom. The highest BCUT2D eigenvalue weighted by molar-refractivity contribution is 5.66. The molecule has 0 spiro atoms. The smallest absolute Gasteiger partial charge is 0.220 e. The quantitative estimate of drug-likeness (QED) is 0.880. The van der Waals surface area contributed by atoms with Crippen LogP contribution < -0.4 is 11.1 Å². The van der Waals surface area contributed by atoms with Crippen molar-refractivity contribution in [2.45, 2.75) is 18.8 Å². The fourth-order valence-corrected chi connectivity index (χ4v) is 2.68. The number of piperidine rings is 1. The van der Waals surface area contributed by atoms with Crippen LogP contribution in [-0.2, 0) is 0 Å². The number of anilines is 1. The van der Waals surface area contributed by atoms with E-state index in [9.17, 15) is 4.39 Å². The van der Waals surface area contributed by atoms with E-state index in [2.05, 4.69) is 15.3 Å². The van der Waals surface area contributed by atoms with Crippen molar-refractivity contribution < 1.29 is 4.39 Å². The van der Waals surface area contributed by atoms with Crippen molar-refractivity contribution in [3.8, 4) is 11.1 Å². The van der Waals surface area contributed by atoms with Gasteiger partial charge >= 0.3 is 0 Å². The molecule has 3 rings (SSSR count). The van der Waals surface area contributed by atoms with Gasteiger partial charge in [-0.25, -0.2) is 14.4 Å². The van der Waals surface area contributed by atoms with Crippen LogP contribution in [0.4, 0.5) is 10.3 Å². The lowest BCUT2D eigenvalue weighted by Crippen LogP contribution is -2.29. The summed E-state index contributed by atoms with van der Waals surface area (Å²) in [6.45, 7) is 1.91. The summed E-state index contributed by atoms with van der Waals surface area (Å²) in [7, 11) is 0. The van der Waals surface area contributed by atoms with Crippen molar-refractivity contribution in [3.05, 3.63) is 42.0 Å². The van der Waals surface area contributed by atoms with Crippen LogP contribution in [0.1, 0.15) is 24.5 Å². The third-order valence-electron chi connectivity index (χ3n) is 3.66. The minimum atomic E-state index is -0.257. The number of nitrogen functional groups attached to an aromatic ring is 1. The van der Waals surface area contributed by atoms with E-state index in [0.717, 1.165) is 42.8 Å². The summed E-state index contributed by atoms with van der Waals surface area (Å²) in [6.07, 6.45) is 3.87. The highest BCUT2D eigenvalue weighted by Gasteiger charge is 2.21. The fraction of sp³-hybridized carbons (Fsp3) is 0.333. The monoisotopic (exact) mass is 272 g/mol. The Balaban J connectivity index is 2.05. The van der Waals surface area contributed by atoms with E-state index in [1.807, 2.05) is 6.07 Å². The molecule has 1 atom stereocenters. The Labute approximate surface area is 117 Å². The lowest BCUT2D eigenvalue weighted by Gasteiger charge is -2.24. The van der Waals surface area contributed by atoms with E-state index < -0.39 is 0 Å². The van der Waals surface area contributed by atoms with Gasteiger partial charge in [-0.05, 0) is 37.1 Å². The number of nitrogens with zero attached hydrogens (tertiary/aromatic N) is 2. The van der Waals surface area contributed by atoms with Crippen LogP contribution in [0, 0.1) is 5.82 Å². The van der Waals surface area contributed by atoms with E-state index in [1.54, 1.807) is 12.3 Å². The predicted molar refractivity (Wildman–Crippen MR) is 76.7 cm³/mol. The van der Waals surface area contributed by atoms with Gasteiger partial charge in [-0.2, -0.15) is 0 Å². The van der Waals surface area contributed by atoms with Gasteiger partial charge < -0.3 is 11.1 Å². The van der Waals surface area contributed by atoms with Gasteiger partial charge in [0.05, 0.1) is 5.69 Å². The van der Waals surface area contributed by atoms with Crippen LogP contribution in [0.15, 0.2) is 30.5 Å². The third kappa shape index (κ3) is 2.63. The summed E-state index contributed by atoms with van der Waals surface area (Å²) in [5, 5.41) is 3.37. The van der Waals surface area contributed by atoms with Gasteiger partial charge in [0, 0.05) is 24.2 Å². The Kier molecular flexibility index (Phi) is 3.60. The van der Waals surface area contributed by atoms with Crippen molar-refractivity contribution in [2.24, 2.45) is 0 Å². The normalized spacial score (nSPS) is 18.9. The molecule has 0 saturated carbocycles. The molecule has 1 aliphatic rings. The summed E-state index contributed by atoms with van der Waals surface area (Å²) in [6, 6.07) is 6.51. The highest BCUT2D eigenvalue weighted by atomic mass is 19.1. The molecule has 1 aliphatic heterocycles. The first-order valence-corrected chi connectivity index (χ1v) is 6.83. The largest absolute Gasteiger partial charge is 0.368 e. The summed E-state index contributed by atoms with van der Waals surface area (Å²) >= 11 is 0. The number of benzene rings is 1. The topological polar surface area (TPSA) is 63.8 Å². The molecule has 1 saturated heterocycles. The average molecular weight is 272 g/mol. The minimum Gasteiger partial charge on any atom is -0.368 e. The second-order valence-corrected chi connectivity index (χ2v) is 5.08. The highest BCUT2D eigenvalue weighted by Crippen LogP contribution is 2.31. The average Bonchev–Trinajstić information content (AvgIpc) is 2.48. The van der Waals surface area contributed by atoms with Crippen molar-refractivity contribution >= 4 is 5.95 Å².